The number of aromatic nitrogens is 3. The molecule has 0 unspecified atom stereocenters. The Morgan fingerprint density at radius 1 is 0.340 bits per heavy atom. The molecule has 9 aromatic rings. The van der Waals surface area contributed by atoms with Crippen molar-refractivity contribution in [3.05, 3.63) is 176 Å². The highest BCUT2D eigenvalue weighted by Crippen LogP contribution is 2.37. The number of hydrogen-bond donors (Lipinski definition) is 0. The zero-order valence-corrected chi connectivity index (χ0v) is 30.6. The van der Waals surface area contributed by atoms with Gasteiger partial charge in [-0.2, -0.15) is 0 Å². The van der Waals surface area contributed by atoms with Crippen LogP contribution < -0.4 is 10.4 Å². The largest absolute Gasteiger partial charge is 0.208 e. The fourth-order valence-corrected chi connectivity index (χ4v) is 11.2. The molecule has 3 nitrogen and oxygen atoms in total. The highest BCUT2D eigenvalue weighted by molar-refractivity contribution is 7.04. The van der Waals surface area contributed by atoms with E-state index in [1.807, 2.05) is 6.07 Å². The molecule has 0 radical (unpaired) electrons. The van der Waals surface area contributed by atoms with Gasteiger partial charge in [0.2, 0.25) is 0 Å². The number of rotatable bonds is 5. The van der Waals surface area contributed by atoms with Crippen LogP contribution in [0.15, 0.2) is 176 Å². The Hall–Kier alpha value is -6.49. The van der Waals surface area contributed by atoms with Crippen LogP contribution in [0.25, 0.3) is 89.1 Å². The summed E-state index contributed by atoms with van der Waals surface area (Å²) in [5.74, 6) is 2.01. The third-order valence-electron chi connectivity index (χ3n) is 11.0. The lowest BCUT2D eigenvalue weighted by Crippen LogP contribution is -2.49. The third-order valence-corrected chi connectivity index (χ3v) is 14.5. The molecule has 250 valence electrons. The summed E-state index contributed by atoms with van der Waals surface area (Å²) in [6.07, 6.45) is 0. The topological polar surface area (TPSA) is 38.7 Å². The molecule has 0 aliphatic carbocycles. The van der Waals surface area contributed by atoms with Crippen molar-refractivity contribution >= 4 is 40.0 Å². The van der Waals surface area contributed by atoms with Gasteiger partial charge in [0.05, 0.1) is 0 Å². The van der Waals surface area contributed by atoms with Crippen LogP contribution in [0.3, 0.4) is 0 Å². The molecular weight excluding hydrogens is 659 g/mol. The summed E-state index contributed by atoms with van der Waals surface area (Å²) in [6.45, 7) is 4.93. The van der Waals surface area contributed by atoms with E-state index in [1.54, 1.807) is 0 Å². The van der Waals surface area contributed by atoms with Crippen LogP contribution in [0.1, 0.15) is 0 Å². The fourth-order valence-electron chi connectivity index (χ4n) is 8.13. The van der Waals surface area contributed by atoms with E-state index in [0.29, 0.717) is 17.5 Å². The smallest absolute Gasteiger partial charge is 0.164 e. The highest BCUT2D eigenvalue weighted by Gasteiger charge is 2.38. The zero-order chi connectivity index (χ0) is 35.5. The van der Waals surface area contributed by atoms with Gasteiger partial charge in [-0.25, -0.2) is 15.0 Å². The Bertz CT molecular complexity index is 2840. The predicted molar refractivity (Wildman–Crippen MR) is 224 cm³/mol. The summed E-state index contributed by atoms with van der Waals surface area (Å²) in [7, 11) is -1.99. The van der Waals surface area contributed by atoms with Crippen LogP contribution in [-0.2, 0) is 0 Å². The van der Waals surface area contributed by atoms with Crippen molar-refractivity contribution < 1.29 is 0 Å². The van der Waals surface area contributed by atoms with Crippen molar-refractivity contribution in [3.8, 4) is 67.5 Å². The normalized spacial score (nSPS) is 12.9. The molecule has 0 saturated heterocycles. The maximum atomic E-state index is 5.18. The van der Waals surface area contributed by atoms with Crippen LogP contribution >= 0.6 is 0 Å². The molecule has 1 aliphatic rings. The van der Waals surface area contributed by atoms with Crippen molar-refractivity contribution in [1.29, 1.82) is 0 Å². The van der Waals surface area contributed by atoms with Crippen molar-refractivity contribution in [3.63, 3.8) is 0 Å². The van der Waals surface area contributed by atoms with E-state index in [4.69, 9.17) is 15.0 Å². The van der Waals surface area contributed by atoms with E-state index in [9.17, 15) is 0 Å². The summed E-state index contributed by atoms with van der Waals surface area (Å²) in [5, 5.41) is 8.00. The molecule has 0 amide bonds. The average molecular weight is 694 g/mol. The minimum atomic E-state index is -1.99. The lowest BCUT2D eigenvalue weighted by atomic mass is 9.97. The van der Waals surface area contributed by atoms with E-state index in [2.05, 4.69) is 183 Å². The van der Waals surface area contributed by atoms with Crippen LogP contribution in [0.2, 0.25) is 13.1 Å². The molecule has 53 heavy (non-hydrogen) atoms. The van der Waals surface area contributed by atoms with Gasteiger partial charge in [-0.3, -0.25) is 0 Å². The van der Waals surface area contributed by atoms with Crippen LogP contribution in [0.5, 0.6) is 0 Å². The molecule has 4 heteroatoms. The van der Waals surface area contributed by atoms with Gasteiger partial charge in [-0.05, 0) is 65.3 Å². The van der Waals surface area contributed by atoms with E-state index < -0.39 is 8.07 Å². The van der Waals surface area contributed by atoms with E-state index in [0.717, 1.165) is 27.8 Å². The van der Waals surface area contributed by atoms with Crippen molar-refractivity contribution in [2.45, 2.75) is 13.1 Å². The Kier molecular flexibility index (Phi) is 7.27. The first-order chi connectivity index (χ1) is 26.0. The molecule has 0 N–H and O–H groups in total. The van der Waals surface area contributed by atoms with Crippen molar-refractivity contribution in [2.24, 2.45) is 0 Å². The van der Waals surface area contributed by atoms with Gasteiger partial charge >= 0.3 is 0 Å². The minimum absolute atomic E-state index is 0.660. The molecule has 1 aromatic heterocycles. The standard InChI is InChI=1S/C49H35N3Si/c1-53(2)44-30-28-35-14-7-9-17-42(35)46(44)43-29-27-39(31-45(43)53)49-51-47(37-23-19-33(20-24-37)32-11-4-3-5-12-32)50-48(52-49)38-25-21-36(22-26-38)41-18-10-15-34-13-6-8-16-40(34)41/h3-31H,1-2H3. The van der Waals surface area contributed by atoms with Crippen LogP contribution in [0.4, 0.5) is 0 Å². The summed E-state index contributed by atoms with van der Waals surface area (Å²) in [4.78, 5) is 15.5. The third kappa shape index (κ3) is 5.30. The van der Waals surface area contributed by atoms with Gasteiger partial charge < -0.3 is 0 Å². The highest BCUT2D eigenvalue weighted by atomic mass is 28.3. The predicted octanol–water partition coefficient (Wildman–Crippen LogP) is 11.3. The van der Waals surface area contributed by atoms with Crippen LogP contribution in [0, 0.1) is 0 Å². The van der Waals surface area contributed by atoms with Crippen molar-refractivity contribution in [1.82, 2.24) is 15.0 Å². The lowest BCUT2D eigenvalue weighted by molar-refractivity contribution is 1.07. The molecule has 8 aromatic carbocycles. The molecule has 0 fully saturated rings. The molecule has 2 heterocycles. The zero-order valence-electron chi connectivity index (χ0n) is 29.6. The quantitative estimate of drug-likeness (QED) is 0.168. The number of hydrogen-bond acceptors (Lipinski definition) is 3. The second kappa shape index (κ2) is 12.3. The monoisotopic (exact) mass is 693 g/mol. The van der Waals surface area contributed by atoms with Crippen molar-refractivity contribution in [2.75, 3.05) is 0 Å². The summed E-state index contributed by atoms with van der Waals surface area (Å²) in [5.41, 5.74) is 10.4. The van der Waals surface area contributed by atoms with Gasteiger partial charge in [0.1, 0.15) is 8.07 Å². The molecule has 0 saturated carbocycles. The van der Waals surface area contributed by atoms with Crippen LogP contribution in [-0.4, -0.2) is 23.0 Å². The first kappa shape index (κ1) is 31.3. The van der Waals surface area contributed by atoms with E-state index in [-0.39, 0.29) is 0 Å². The minimum Gasteiger partial charge on any atom is -0.208 e. The van der Waals surface area contributed by atoms with Gasteiger partial charge in [0, 0.05) is 16.7 Å². The summed E-state index contributed by atoms with van der Waals surface area (Å²) < 4.78 is 0. The maximum absolute atomic E-state index is 5.18. The van der Waals surface area contributed by atoms with E-state index >= 15 is 0 Å². The SMILES string of the molecule is C[Si]1(C)c2cc(-c3nc(-c4ccc(-c5ccccc5)cc4)nc(-c4ccc(-c5cccc6ccccc56)cc4)n3)ccc2-c2c1ccc1ccccc21. The van der Waals surface area contributed by atoms with Gasteiger partial charge in [-0.15, -0.1) is 0 Å². The Morgan fingerprint density at radius 2 is 0.849 bits per heavy atom. The first-order valence-corrected chi connectivity index (χ1v) is 21.2. The molecule has 10 rings (SSSR count). The summed E-state index contributed by atoms with van der Waals surface area (Å²) in [6, 6.07) is 62.9. The number of nitrogens with zero attached hydrogens (tertiary/aromatic N) is 3. The summed E-state index contributed by atoms with van der Waals surface area (Å²) >= 11 is 0. The van der Waals surface area contributed by atoms with Gasteiger partial charge in [0.25, 0.3) is 0 Å². The van der Waals surface area contributed by atoms with Gasteiger partial charge in [-0.1, -0.05) is 189 Å². The first-order valence-electron chi connectivity index (χ1n) is 18.2. The molecule has 0 atom stereocenters. The Balaban J connectivity index is 1.10. The second-order valence-corrected chi connectivity index (χ2v) is 18.8. The Morgan fingerprint density at radius 3 is 1.55 bits per heavy atom. The molecule has 1 aliphatic heterocycles. The van der Waals surface area contributed by atoms with E-state index in [1.165, 1.54) is 54.2 Å². The average Bonchev–Trinajstić information content (AvgIpc) is 3.46. The lowest BCUT2D eigenvalue weighted by Gasteiger charge is -2.19. The van der Waals surface area contributed by atoms with Gasteiger partial charge in [0.15, 0.2) is 17.5 Å². The molecular formula is C49H35N3Si. The molecule has 0 spiro atoms. The number of benzene rings is 8. The fraction of sp³-hybridized carbons (Fsp3) is 0.0408. The maximum Gasteiger partial charge on any atom is 0.164 e. The second-order valence-electron chi connectivity index (χ2n) is 14.4. The number of fused-ring (bicyclic) bond motifs is 6. The molecule has 0 bridgehead atoms. The Labute approximate surface area is 310 Å².